The first-order valence-electron chi connectivity index (χ1n) is 13.7. The zero-order valence-electron chi connectivity index (χ0n) is 23.5. The maximum atomic E-state index is 13.5. The Balaban J connectivity index is 1.90. The summed E-state index contributed by atoms with van der Waals surface area (Å²) < 4.78 is 36.2. The van der Waals surface area contributed by atoms with E-state index >= 15 is 0 Å². The number of sulfonamides is 1. The third-order valence-corrected chi connectivity index (χ3v) is 9.39. The van der Waals surface area contributed by atoms with Gasteiger partial charge in [-0.15, -0.1) is 5.10 Å². The van der Waals surface area contributed by atoms with Crippen LogP contribution in [0.25, 0.3) is 16.9 Å². The molecule has 0 saturated carbocycles. The molecule has 1 unspecified atom stereocenters. The Labute approximate surface area is 225 Å². The summed E-state index contributed by atoms with van der Waals surface area (Å²) in [5.41, 5.74) is 3.97. The molecule has 1 atom stereocenters. The van der Waals surface area contributed by atoms with Crippen LogP contribution in [-0.2, 0) is 16.4 Å². The molecule has 0 aliphatic carbocycles. The number of H-pyrrole nitrogens is 1. The maximum Gasteiger partial charge on any atom is 0.275 e. The Morgan fingerprint density at radius 2 is 1.82 bits per heavy atom. The van der Waals surface area contributed by atoms with Gasteiger partial charge in [0.15, 0.2) is 5.82 Å². The van der Waals surface area contributed by atoms with Gasteiger partial charge in [-0.1, -0.05) is 33.6 Å². The molecule has 0 radical (unpaired) electrons. The average Bonchev–Trinajstić information content (AvgIpc) is 3.16. The lowest BCUT2D eigenvalue weighted by atomic mass is 9.92. The molecule has 10 heteroatoms. The van der Waals surface area contributed by atoms with Gasteiger partial charge < -0.3 is 14.6 Å². The fraction of sp³-hybridized carbons (Fsp3) is 0.571. The molecule has 3 heterocycles. The molecule has 2 aromatic heterocycles. The molecule has 0 spiro atoms. The topological polar surface area (TPSA) is 100 Å². The van der Waals surface area contributed by atoms with Crippen molar-refractivity contribution in [2.45, 2.75) is 71.1 Å². The molecule has 0 amide bonds. The molecule has 1 fully saturated rings. The first kappa shape index (κ1) is 28.3. The molecule has 1 N–H and O–H groups in total. The molecule has 0 bridgehead atoms. The Hall–Kier alpha value is -2.69. The maximum absolute atomic E-state index is 13.5. The van der Waals surface area contributed by atoms with Gasteiger partial charge in [-0.3, -0.25) is 4.79 Å². The van der Waals surface area contributed by atoms with Gasteiger partial charge in [0, 0.05) is 31.9 Å². The number of fused-ring (bicyclic) bond motifs is 1. The van der Waals surface area contributed by atoms with Crippen molar-refractivity contribution >= 4 is 15.5 Å². The van der Waals surface area contributed by atoms with E-state index in [4.69, 9.17) is 9.84 Å². The number of rotatable bonds is 10. The van der Waals surface area contributed by atoms with Crippen LogP contribution in [0, 0.1) is 6.92 Å². The van der Waals surface area contributed by atoms with Gasteiger partial charge in [-0.25, -0.2) is 12.9 Å². The van der Waals surface area contributed by atoms with Gasteiger partial charge in [0.1, 0.15) is 11.3 Å². The molecule has 208 valence electrons. The molecule has 1 aromatic carbocycles. The first-order chi connectivity index (χ1) is 18.1. The number of aromatic amines is 1. The molecule has 1 aliphatic heterocycles. The van der Waals surface area contributed by atoms with E-state index in [9.17, 15) is 13.2 Å². The Morgan fingerprint density at radius 3 is 2.45 bits per heavy atom. The Bertz CT molecular complexity index is 1450. The first-order valence-corrected chi connectivity index (χ1v) is 15.2. The molecular weight excluding hydrogens is 502 g/mol. The van der Waals surface area contributed by atoms with Crippen LogP contribution >= 0.6 is 0 Å². The van der Waals surface area contributed by atoms with Gasteiger partial charge in [0.25, 0.3) is 5.56 Å². The van der Waals surface area contributed by atoms with E-state index in [0.717, 1.165) is 36.9 Å². The molecule has 4 rings (SSSR count). The predicted octanol–water partition coefficient (Wildman–Crippen LogP) is 4.19. The van der Waals surface area contributed by atoms with Crippen molar-refractivity contribution in [1.82, 2.24) is 23.8 Å². The van der Waals surface area contributed by atoms with Gasteiger partial charge in [-0.05, 0) is 69.0 Å². The van der Waals surface area contributed by atoms with Crippen molar-refractivity contribution in [3.63, 3.8) is 0 Å². The SMILES string of the molecule is CCCc1c(C(C)CCC)c(C)c2c(=O)[nH]c(-c3cc(S(=O)(=O)N4CCN(C)CC4)ccc3OCC)nn12. The highest BCUT2D eigenvalue weighted by molar-refractivity contribution is 7.89. The summed E-state index contributed by atoms with van der Waals surface area (Å²) >= 11 is 0. The van der Waals surface area contributed by atoms with Crippen molar-refractivity contribution in [3.05, 3.63) is 45.4 Å². The standard InChI is InChI=1S/C28H41N5O4S/c1-7-10-19(4)25-20(5)26-28(34)29-27(30-33(26)23(25)11-8-2)22-18-21(12-13-24(22)37-9-3)38(35,36)32-16-14-31(6)15-17-32/h12-13,18-19H,7-11,14-17H2,1-6H3,(H,29,30,34). The van der Waals surface area contributed by atoms with Crippen LogP contribution in [0.4, 0.5) is 0 Å². The highest BCUT2D eigenvalue weighted by atomic mass is 32.2. The van der Waals surface area contributed by atoms with E-state index in [-0.39, 0.29) is 10.5 Å². The van der Waals surface area contributed by atoms with E-state index in [1.54, 1.807) is 22.7 Å². The minimum Gasteiger partial charge on any atom is -0.493 e. The summed E-state index contributed by atoms with van der Waals surface area (Å²) in [7, 11) is -1.73. The van der Waals surface area contributed by atoms with Gasteiger partial charge in [0.2, 0.25) is 10.0 Å². The van der Waals surface area contributed by atoms with E-state index < -0.39 is 10.0 Å². The number of aryl methyl sites for hydroxylation is 2. The zero-order valence-corrected chi connectivity index (χ0v) is 24.3. The van der Waals surface area contributed by atoms with Crippen molar-refractivity contribution in [2.75, 3.05) is 39.8 Å². The van der Waals surface area contributed by atoms with Crippen molar-refractivity contribution in [1.29, 1.82) is 0 Å². The van der Waals surface area contributed by atoms with Gasteiger partial charge in [0.05, 0.1) is 17.1 Å². The summed E-state index contributed by atoms with van der Waals surface area (Å²) in [6.07, 6.45) is 3.80. The molecule has 38 heavy (non-hydrogen) atoms. The second-order valence-corrected chi connectivity index (χ2v) is 12.2. The number of hydrogen-bond acceptors (Lipinski definition) is 6. The average molecular weight is 544 g/mol. The lowest BCUT2D eigenvalue weighted by Crippen LogP contribution is -2.47. The van der Waals surface area contributed by atoms with Gasteiger partial charge >= 0.3 is 0 Å². The fourth-order valence-electron chi connectivity index (χ4n) is 5.56. The van der Waals surface area contributed by atoms with E-state index in [2.05, 4.69) is 30.7 Å². The van der Waals surface area contributed by atoms with Crippen LogP contribution in [0.5, 0.6) is 5.75 Å². The lowest BCUT2D eigenvalue weighted by molar-refractivity contribution is 0.222. The number of nitrogens with zero attached hydrogens (tertiary/aromatic N) is 4. The summed E-state index contributed by atoms with van der Waals surface area (Å²) in [5, 5.41) is 4.90. The number of nitrogens with one attached hydrogen (secondary N) is 1. The molecule has 1 saturated heterocycles. The number of hydrogen-bond donors (Lipinski definition) is 1. The van der Waals surface area contributed by atoms with Crippen LogP contribution in [0.15, 0.2) is 27.9 Å². The second kappa shape index (κ2) is 11.6. The molecular formula is C28H41N5O4S. The third-order valence-electron chi connectivity index (χ3n) is 7.49. The van der Waals surface area contributed by atoms with Crippen molar-refractivity contribution in [3.8, 4) is 17.1 Å². The second-order valence-electron chi connectivity index (χ2n) is 10.3. The Kier molecular flexibility index (Phi) is 8.64. The fourth-order valence-corrected chi connectivity index (χ4v) is 7.01. The molecule has 1 aliphatic rings. The zero-order chi connectivity index (χ0) is 27.6. The minimum absolute atomic E-state index is 0.165. The van der Waals surface area contributed by atoms with Crippen LogP contribution in [0.2, 0.25) is 0 Å². The van der Waals surface area contributed by atoms with Crippen molar-refractivity contribution in [2.24, 2.45) is 0 Å². The van der Waals surface area contributed by atoms with Crippen LogP contribution in [-0.4, -0.2) is 72.1 Å². The smallest absolute Gasteiger partial charge is 0.275 e. The number of benzene rings is 1. The van der Waals surface area contributed by atoms with E-state index in [1.807, 2.05) is 20.9 Å². The quantitative estimate of drug-likeness (QED) is 0.412. The molecule has 9 nitrogen and oxygen atoms in total. The van der Waals surface area contributed by atoms with Gasteiger partial charge in [-0.2, -0.15) is 4.31 Å². The number of likely N-dealkylation sites (N-methyl/N-ethyl adjacent to an activating group) is 1. The van der Waals surface area contributed by atoms with E-state index in [0.29, 0.717) is 61.4 Å². The lowest BCUT2D eigenvalue weighted by Gasteiger charge is -2.31. The predicted molar refractivity (Wildman–Crippen MR) is 151 cm³/mol. The largest absolute Gasteiger partial charge is 0.493 e. The summed E-state index contributed by atoms with van der Waals surface area (Å²) in [5.74, 6) is 1.08. The number of aromatic nitrogens is 3. The van der Waals surface area contributed by atoms with E-state index in [1.165, 1.54) is 9.87 Å². The van der Waals surface area contributed by atoms with Crippen LogP contribution < -0.4 is 10.3 Å². The van der Waals surface area contributed by atoms with Crippen LogP contribution in [0.3, 0.4) is 0 Å². The third kappa shape index (κ3) is 5.26. The van der Waals surface area contributed by atoms with Crippen LogP contribution in [0.1, 0.15) is 69.7 Å². The summed E-state index contributed by atoms with van der Waals surface area (Å²) in [6.45, 7) is 13.0. The summed E-state index contributed by atoms with van der Waals surface area (Å²) in [4.78, 5) is 18.7. The minimum atomic E-state index is -3.71. The summed E-state index contributed by atoms with van der Waals surface area (Å²) in [6, 6.07) is 4.82. The monoisotopic (exact) mass is 543 g/mol. The number of piperazine rings is 1. The number of ether oxygens (including phenoxy) is 1. The highest BCUT2D eigenvalue weighted by Gasteiger charge is 2.29. The Morgan fingerprint density at radius 1 is 1.11 bits per heavy atom. The normalized spacial score (nSPS) is 16.3. The molecule has 3 aromatic rings. The highest BCUT2D eigenvalue weighted by Crippen LogP contribution is 2.34. The van der Waals surface area contributed by atoms with Crippen molar-refractivity contribution < 1.29 is 13.2 Å².